The lowest BCUT2D eigenvalue weighted by Crippen LogP contribution is -2.40. The molecule has 1 aromatic carbocycles. The van der Waals surface area contributed by atoms with Gasteiger partial charge < -0.3 is 20.9 Å². The van der Waals surface area contributed by atoms with Crippen molar-refractivity contribution in [2.75, 3.05) is 36.8 Å². The average Bonchev–Trinajstić information content (AvgIpc) is 2.72. The van der Waals surface area contributed by atoms with Crippen molar-refractivity contribution in [2.24, 2.45) is 11.8 Å². The summed E-state index contributed by atoms with van der Waals surface area (Å²) in [6, 6.07) is 3.91. The van der Waals surface area contributed by atoms with E-state index in [9.17, 15) is 14.0 Å². The molecule has 7 heteroatoms. The predicted octanol–water partition coefficient (Wildman–Crippen LogP) is 4.20. The molecule has 0 bridgehead atoms. The molecule has 6 nitrogen and oxygen atoms in total. The van der Waals surface area contributed by atoms with Crippen molar-refractivity contribution in [3.05, 3.63) is 24.0 Å². The van der Waals surface area contributed by atoms with Crippen molar-refractivity contribution >= 4 is 23.3 Å². The van der Waals surface area contributed by atoms with Gasteiger partial charge in [-0.05, 0) is 62.9 Å². The fourth-order valence-electron chi connectivity index (χ4n) is 4.09. The number of nitrogens with zero attached hydrogens (tertiary/aromatic N) is 1. The zero-order valence-electron chi connectivity index (χ0n) is 17.3. The van der Waals surface area contributed by atoms with Crippen molar-refractivity contribution in [3.63, 3.8) is 0 Å². The Morgan fingerprint density at radius 2 is 1.79 bits per heavy atom. The SMILES string of the molecule is CC1CCN(CCNC(=O)Nc2ccc(F)c(NC(=O)C3CCCCC3)c2)CC1. The van der Waals surface area contributed by atoms with Gasteiger partial charge in [-0.15, -0.1) is 0 Å². The molecule has 1 saturated carbocycles. The summed E-state index contributed by atoms with van der Waals surface area (Å²) in [5, 5.41) is 8.25. The van der Waals surface area contributed by atoms with E-state index < -0.39 is 5.82 Å². The molecule has 1 aromatic rings. The maximum Gasteiger partial charge on any atom is 0.319 e. The molecule has 1 heterocycles. The number of halogens is 1. The summed E-state index contributed by atoms with van der Waals surface area (Å²) in [7, 11) is 0. The van der Waals surface area contributed by atoms with E-state index in [0.717, 1.165) is 57.7 Å². The van der Waals surface area contributed by atoms with Gasteiger partial charge in [0.05, 0.1) is 5.69 Å². The zero-order valence-corrected chi connectivity index (χ0v) is 17.3. The van der Waals surface area contributed by atoms with Crippen LogP contribution in [0.1, 0.15) is 51.9 Å². The highest BCUT2D eigenvalue weighted by atomic mass is 19.1. The standard InChI is InChI=1S/C22H33FN4O2/c1-16-9-12-27(13-10-16)14-11-24-22(29)25-18-7-8-19(23)20(15-18)26-21(28)17-5-3-2-4-6-17/h7-8,15-17H,2-6,9-14H2,1H3,(H,26,28)(H2,24,25,29). The fourth-order valence-corrected chi connectivity index (χ4v) is 4.09. The van der Waals surface area contributed by atoms with Crippen molar-refractivity contribution in [3.8, 4) is 0 Å². The third-order valence-corrected chi connectivity index (χ3v) is 6.05. The van der Waals surface area contributed by atoms with E-state index in [1.807, 2.05) is 0 Å². The molecule has 1 aliphatic carbocycles. The number of hydrogen-bond donors (Lipinski definition) is 3. The highest BCUT2D eigenvalue weighted by Crippen LogP contribution is 2.26. The highest BCUT2D eigenvalue weighted by Gasteiger charge is 2.22. The second-order valence-electron chi connectivity index (χ2n) is 8.42. The van der Waals surface area contributed by atoms with Gasteiger partial charge in [0.15, 0.2) is 0 Å². The Morgan fingerprint density at radius 1 is 1.07 bits per heavy atom. The molecule has 3 N–H and O–H groups in total. The zero-order chi connectivity index (χ0) is 20.6. The molecule has 0 spiro atoms. The van der Waals surface area contributed by atoms with Crippen LogP contribution in [0.2, 0.25) is 0 Å². The minimum Gasteiger partial charge on any atom is -0.337 e. The number of carbonyl (C=O) groups is 2. The van der Waals surface area contributed by atoms with Crippen molar-refractivity contribution in [1.82, 2.24) is 10.2 Å². The number of piperidine rings is 1. The quantitative estimate of drug-likeness (QED) is 0.665. The molecule has 0 atom stereocenters. The molecule has 0 unspecified atom stereocenters. The molecule has 29 heavy (non-hydrogen) atoms. The topological polar surface area (TPSA) is 73.5 Å². The van der Waals surface area contributed by atoms with Crippen LogP contribution in [0.25, 0.3) is 0 Å². The number of likely N-dealkylation sites (tertiary alicyclic amines) is 1. The number of benzene rings is 1. The van der Waals surface area contributed by atoms with E-state index in [2.05, 4.69) is 27.8 Å². The molecule has 2 fully saturated rings. The first-order chi connectivity index (χ1) is 14.0. The summed E-state index contributed by atoms with van der Waals surface area (Å²) in [5.74, 6) is 0.0927. The summed E-state index contributed by atoms with van der Waals surface area (Å²) in [6.07, 6.45) is 7.35. The smallest absolute Gasteiger partial charge is 0.319 e. The van der Waals surface area contributed by atoms with Gasteiger partial charge >= 0.3 is 6.03 Å². The fraction of sp³-hybridized carbons (Fsp3) is 0.636. The molecule has 1 aliphatic heterocycles. The van der Waals surface area contributed by atoms with Crippen LogP contribution in [0.3, 0.4) is 0 Å². The number of carbonyl (C=O) groups excluding carboxylic acids is 2. The minimum atomic E-state index is -0.501. The summed E-state index contributed by atoms with van der Waals surface area (Å²) < 4.78 is 14.1. The number of hydrogen-bond acceptors (Lipinski definition) is 3. The Labute approximate surface area is 172 Å². The van der Waals surface area contributed by atoms with Gasteiger partial charge in [0.1, 0.15) is 5.82 Å². The van der Waals surface area contributed by atoms with E-state index in [-0.39, 0.29) is 23.5 Å². The van der Waals surface area contributed by atoms with E-state index >= 15 is 0 Å². The first-order valence-electron chi connectivity index (χ1n) is 10.9. The Kier molecular flexibility index (Phi) is 7.86. The maximum atomic E-state index is 14.1. The Balaban J connectivity index is 1.45. The largest absolute Gasteiger partial charge is 0.337 e. The van der Waals surface area contributed by atoms with Gasteiger partial charge in [-0.3, -0.25) is 4.79 Å². The summed E-state index contributed by atoms with van der Waals surface area (Å²) in [6.45, 7) is 5.81. The molecular formula is C22H33FN4O2. The van der Waals surface area contributed by atoms with Crippen LogP contribution in [-0.4, -0.2) is 43.0 Å². The third kappa shape index (κ3) is 6.70. The van der Waals surface area contributed by atoms with Crippen molar-refractivity contribution in [2.45, 2.75) is 51.9 Å². The van der Waals surface area contributed by atoms with E-state index in [0.29, 0.717) is 12.2 Å². The van der Waals surface area contributed by atoms with Gasteiger partial charge in [-0.1, -0.05) is 26.2 Å². The molecule has 3 rings (SSSR count). The van der Waals surface area contributed by atoms with Crippen LogP contribution in [0.15, 0.2) is 18.2 Å². The molecule has 3 amide bonds. The number of rotatable bonds is 6. The lowest BCUT2D eigenvalue weighted by molar-refractivity contribution is -0.120. The van der Waals surface area contributed by atoms with Gasteiger partial charge in [-0.2, -0.15) is 0 Å². The Hall–Kier alpha value is -2.15. The first kappa shape index (κ1) is 21.6. The van der Waals surface area contributed by atoms with E-state index in [1.165, 1.54) is 31.0 Å². The number of nitrogens with one attached hydrogen (secondary N) is 3. The van der Waals surface area contributed by atoms with Crippen LogP contribution in [0.5, 0.6) is 0 Å². The number of amides is 3. The molecule has 0 aromatic heterocycles. The molecular weight excluding hydrogens is 371 g/mol. The summed E-state index contributed by atoms with van der Waals surface area (Å²) >= 11 is 0. The van der Waals surface area contributed by atoms with Gasteiger partial charge in [0, 0.05) is 24.7 Å². The van der Waals surface area contributed by atoms with Gasteiger partial charge in [-0.25, -0.2) is 9.18 Å². The first-order valence-corrected chi connectivity index (χ1v) is 10.9. The molecule has 160 valence electrons. The average molecular weight is 405 g/mol. The normalized spacial score (nSPS) is 19.0. The highest BCUT2D eigenvalue weighted by molar-refractivity contribution is 5.94. The van der Waals surface area contributed by atoms with Crippen LogP contribution in [0.4, 0.5) is 20.6 Å². The lowest BCUT2D eigenvalue weighted by atomic mass is 9.88. The maximum absolute atomic E-state index is 14.1. The summed E-state index contributed by atoms with van der Waals surface area (Å²) in [4.78, 5) is 26.9. The minimum absolute atomic E-state index is 0.0548. The van der Waals surface area contributed by atoms with Crippen molar-refractivity contribution < 1.29 is 14.0 Å². The van der Waals surface area contributed by atoms with E-state index in [4.69, 9.17) is 0 Å². The second-order valence-corrected chi connectivity index (χ2v) is 8.42. The number of anilines is 2. The van der Waals surface area contributed by atoms with Crippen LogP contribution >= 0.6 is 0 Å². The third-order valence-electron chi connectivity index (χ3n) is 6.05. The monoisotopic (exact) mass is 404 g/mol. The predicted molar refractivity (Wildman–Crippen MR) is 113 cm³/mol. The van der Waals surface area contributed by atoms with Crippen LogP contribution in [0, 0.1) is 17.7 Å². The summed E-state index contributed by atoms with van der Waals surface area (Å²) in [5.41, 5.74) is 0.565. The molecule has 1 saturated heterocycles. The van der Waals surface area contributed by atoms with Crippen LogP contribution < -0.4 is 16.0 Å². The van der Waals surface area contributed by atoms with Gasteiger partial charge in [0.2, 0.25) is 5.91 Å². The molecule has 0 radical (unpaired) electrons. The van der Waals surface area contributed by atoms with Crippen molar-refractivity contribution in [1.29, 1.82) is 0 Å². The lowest BCUT2D eigenvalue weighted by Gasteiger charge is -2.30. The second kappa shape index (κ2) is 10.6. The van der Waals surface area contributed by atoms with E-state index in [1.54, 1.807) is 0 Å². The Bertz CT molecular complexity index is 698. The number of urea groups is 1. The van der Waals surface area contributed by atoms with Gasteiger partial charge in [0.25, 0.3) is 0 Å². The Morgan fingerprint density at radius 3 is 2.52 bits per heavy atom. The molecule has 2 aliphatic rings. The van der Waals surface area contributed by atoms with Crippen LogP contribution in [-0.2, 0) is 4.79 Å².